The minimum absolute atomic E-state index is 0.0151. The maximum Gasteiger partial charge on any atom is 0.407 e. The molecule has 1 aliphatic rings. The van der Waals surface area contributed by atoms with Gasteiger partial charge in [-0.3, -0.25) is 0 Å². The molecule has 0 bridgehead atoms. The van der Waals surface area contributed by atoms with Gasteiger partial charge in [-0.05, 0) is 36.1 Å². The standard InChI is InChI=1S/C23H21N3O4/c1-13-21(22(27)28)14(2)26-20(25-13)11-24-23(29)30-12-19-17-9-5-3-7-15(17)16-8-4-6-10-18(16)19/h3-10,19H,11-12H2,1-2H3,(H,24,29)(H,27,28). The first-order valence-electron chi connectivity index (χ1n) is 9.62. The van der Waals surface area contributed by atoms with Crippen LogP contribution in [0.1, 0.15) is 44.6 Å². The summed E-state index contributed by atoms with van der Waals surface area (Å²) >= 11 is 0. The maximum atomic E-state index is 12.3. The Morgan fingerprint density at radius 2 is 1.50 bits per heavy atom. The van der Waals surface area contributed by atoms with Crippen molar-refractivity contribution in [2.24, 2.45) is 0 Å². The van der Waals surface area contributed by atoms with Gasteiger partial charge in [-0.25, -0.2) is 19.6 Å². The van der Waals surface area contributed by atoms with E-state index in [0.29, 0.717) is 17.2 Å². The number of nitrogens with zero attached hydrogens (tertiary/aromatic N) is 2. The van der Waals surface area contributed by atoms with Crippen LogP contribution in [0.25, 0.3) is 11.1 Å². The number of hydrogen-bond donors (Lipinski definition) is 2. The van der Waals surface area contributed by atoms with Crippen molar-refractivity contribution >= 4 is 12.1 Å². The summed E-state index contributed by atoms with van der Waals surface area (Å²) < 4.78 is 5.48. The van der Waals surface area contributed by atoms with Crippen molar-refractivity contribution in [3.05, 3.63) is 82.4 Å². The Morgan fingerprint density at radius 3 is 2.03 bits per heavy atom. The van der Waals surface area contributed by atoms with Crippen LogP contribution in [0.3, 0.4) is 0 Å². The molecular formula is C23H21N3O4. The third-order valence-electron chi connectivity index (χ3n) is 5.27. The zero-order valence-corrected chi connectivity index (χ0v) is 16.7. The maximum absolute atomic E-state index is 12.3. The van der Waals surface area contributed by atoms with Crippen LogP contribution in [0.5, 0.6) is 0 Å². The van der Waals surface area contributed by atoms with E-state index in [2.05, 4.69) is 39.6 Å². The molecule has 30 heavy (non-hydrogen) atoms. The van der Waals surface area contributed by atoms with Crippen LogP contribution in [0.15, 0.2) is 48.5 Å². The first-order valence-corrected chi connectivity index (χ1v) is 9.62. The summed E-state index contributed by atoms with van der Waals surface area (Å²) in [5, 5.41) is 11.8. The van der Waals surface area contributed by atoms with E-state index in [9.17, 15) is 14.7 Å². The van der Waals surface area contributed by atoms with E-state index < -0.39 is 12.1 Å². The van der Waals surface area contributed by atoms with Crippen molar-refractivity contribution in [3.63, 3.8) is 0 Å². The van der Waals surface area contributed by atoms with Gasteiger partial charge in [0, 0.05) is 5.92 Å². The molecule has 0 saturated heterocycles. The number of aryl methyl sites for hydroxylation is 2. The second kappa shape index (κ2) is 7.94. The summed E-state index contributed by atoms with van der Waals surface area (Å²) in [6.07, 6.45) is -0.571. The van der Waals surface area contributed by atoms with Gasteiger partial charge >= 0.3 is 12.1 Å². The number of fused-ring (bicyclic) bond motifs is 3. The molecule has 1 aliphatic carbocycles. The van der Waals surface area contributed by atoms with Crippen molar-refractivity contribution in [1.29, 1.82) is 0 Å². The minimum atomic E-state index is -1.07. The van der Waals surface area contributed by atoms with Gasteiger partial charge in [0.05, 0.1) is 17.9 Å². The van der Waals surface area contributed by atoms with E-state index >= 15 is 0 Å². The van der Waals surface area contributed by atoms with E-state index in [4.69, 9.17) is 4.74 Å². The highest BCUT2D eigenvalue weighted by Gasteiger charge is 2.29. The van der Waals surface area contributed by atoms with Gasteiger partial charge in [-0.1, -0.05) is 48.5 Å². The van der Waals surface area contributed by atoms with Gasteiger partial charge in [-0.15, -0.1) is 0 Å². The van der Waals surface area contributed by atoms with Crippen molar-refractivity contribution in [1.82, 2.24) is 15.3 Å². The lowest BCUT2D eigenvalue weighted by atomic mass is 9.98. The van der Waals surface area contributed by atoms with Crippen LogP contribution in [0.2, 0.25) is 0 Å². The summed E-state index contributed by atoms with van der Waals surface area (Å²) in [6, 6.07) is 16.3. The van der Waals surface area contributed by atoms with Crippen LogP contribution in [0.4, 0.5) is 4.79 Å². The van der Waals surface area contributed by atoms with E-state index in [1.807, 2.05) is 24.3 Å². The second-order valence-corrected chi connectivity index (χ2v) is 7.17. The van der Waals surface area contributed by atoms with E-state index in [1.165, 1.54) is 11.1 Å². The molecule has 0 spiro atoms. The summed E-state index contributed by atoms with van der Waals surface area (Å²) in [5.41, 5.74) is 5.43. The molecule has 0 atom stereocenters. The number of aromatic nitrogens is 2. The molecule has 1 amide bonds. The number of ether oxygens (including phenoxy) is 1. The number of aromatic carboxylic acids is 1. The number of benzene rings is 2. The molecule has 7 nitrogen and oxygen atoms in total. The zero-order chi connectivity index (χ0) is 21.3. The number of nitrogens with one attached hydrogen (secondary N) is 1. The Labute approximate surface area is 173 Å². The van der Waals surface area contributed by atoms with E-state index in [1.54, 1.807) is 13.8 Å². The van der Waals surface area contributed by atoms with E-state index in [-0.39, 0.29) is 24.6 Å². The fourth-order valence-electron chi connectivity index (χ4n) is 3.98. The number of carbonyl (C=O) groups is 2. The lowest BCUT2D eigenvalue weighted by Crippen LogP contribution is -2.27. The molecule has 152 valence electrons. The molecule has 3 aromatic rings. The monoisotopic (exact) mass is 403 g/mol. The second-order valence-electron chi connectivity index (χ2n) is 7.17. The molecule has 0 saturated carbocycles. The van der Waals surface area contributed by atoms with Gasteiger partial charge < -0.3 is 15.2 Å². The van der Waals surface area contributed by atoms with E-state index in [0.717, 1.165) is 11.1 Å². The fourth-order valence-corrected chi connectivity index (χ4v) is 3.98. The molecule has 2 aromatic carbocycles. The molecule has 1 aromatic heterocycles. The van der Waals surface area contributed by atoms with Crippen molar-refractivity contribution in [2.75, 3.05) is 6.61 Å². The van der Waals surface area contributed by atoms with Crippen molar-refractivity contribution in [3.8, 4) is 11.1 Å². The van der Waals surface area contributed by atoms with Crippen LogP contribution in [0, 0.1) is 13.8 Å². The highest BCUT2D eigenvalue weighted by molar-refractivity contribution is 5.89. The first-order chi connectivity index (χ1) is 14.5. The molecule has 4 rings (SSSR count). The Hall–Kier alpha value is -3.74. The highest BCUT2D eigenvalue weighted by Crippen LogP contribution is 2.44. The first kappa shape index (κ1) is 19.6. The zero-order valence-electron chi connectivity index (χ0n) is 16.7. The highest BCUT2D eigenvalue weighted by atomic mass is 16.5. The van der Waals surface area contributed by atoms with Crippen LogP contribution in [-0.4, -0.2) is 33.7 Å². The number of amides is 1. The normalized spacial score (nSPS) is 12.2. The number of rotatable bonds is 5. The molecule has 0 radical (unpaired) electrons. The lowest BCUT2D eigenvalue weighted by molar-refractivity contribution is 0.0694. The molecule has 0 aliphatic heterocycles. The van der Waals surface area contributed by atoms with Gasteiger partial charge in [0.2, 0.25) is 0 Å². The SMILES string of the molecule is Cc1nc(CNC(=O)OCC2c3ccccc3-c3ccccc32)nc(C)c1C(=O)O. The predicted octanol–water partition coefficient (Wildman–Crippen LogP) is 3.83. The van der Waals surface area contributed by atoms with Crippen molar-refractivity contribution < 1.29 is 19.4 Å². The van der Waals surface area contributed by atoms with Crippen LogP contribution in [-0.2, 0) is 11.3 Å². The third kappa shape index (κ3) is 3.61. The molecule has 0 fully saturated rings. The Balaban J connectivity index is 1.41. The largest absolute Gasteiger partial charge is 0.478 e. The quantitative estimate of drug-likeness (QED) is 0.671. The fraction of sp³-hybridized carbons (Fsp3) is 0.217. The summed E-state index contributed by atoms with van der Waals surface area (Å²) in [4.78, 5) is 31.8. The average molecular weight is 403 g/mol. The third-order valence-corrected chi connectivity index (χ3v) is 5.27. The lowest BCUT2D eigenvalue weighted by Gasteiger charge is -2.14. The summed E-state index contributed by atoms with van der Waals surface area (Å²) in [6.45, 7) is 3.48. The predicted molar refractivity (Wildman–Crippen MR) is 110 cm³/mol. The molecule has 2 N–H and O–H groups in total. The van der Waals surface area contributed by atoms with Crippen LogP contribution >= 0.6 is 0 Å². The average Bonchev–Trinajstić information content (AvgIpc) is 3.04. The minimum Gasteiger partial charge on any atom is -0.478 e. The molecule has 0 unspecified atom stereocenters. The number of carboxylic acid groups (broad SMARTS) is 1. The number of carboxylic acids is 1. The number of alkyl carbamates (subject to hydrolysis) is 1. The Bertz CT molecular complexity index is 1070. The number of hydrogen-bond acceptors (Lipinski definition) is 5. The summed E-state index contributed by atoms with van der Waals surface area (Å²) in [7, 11) is 0. The van der Waals surface area contributed by atoms with Gasteiger partial charge in [0.25, 0.3) is 0 Å². The van der Waals surface area contributed by atoms with Crippen LogP contribution < -0.4 is 5.32 Å². The Kier molecular flexibility index (Phi) is 5.18. The Morgan fingerprint density at radius 1 is 0.967 bits per heavy atom. The van der Waals surface area contributed by atoms with Gasteiger partial charge in [0.1, 0.15) is 18.0 Å². The van der Waals surface area contributed by atoms with Crippen molar-refractivity contribution in [2.45, 2.75) is 26.3 Å². The van der Waals surface area contributed by atoms with Gasteiger partial charge in [-0.2, -0.15) is 0 Å². The molecule has 7 heteroatoms. The topological polar surface area (TPSA) is 101 Å². The summed E-state index contributed by atoms with van der Waals surface area (Å²) in [5.74, 6) is -0.747. The number of carbonyl (C=O) groups excluding carboxylic acids is 1. The molecule has 1 heterocycles. The smallest absolute Gasteiger partial charge is 0.407 e. The molecular weight excluding hydrogens is 382 g/mol. The van der Waals surface area contributed by atoms with Gasteiger partial charge in [0.15, 0.2) is 0 Å².